The number of ether oxygens (including phenoxy) is 2. The molecule has 0 spiro atoms. The highest BCUT2D eigenvalue weighted by Gasteiger charge is 2.84. The summed E-state index contributed by atoms with van der Waals surface area (Å²) in [5.74, 6) is -16.1. The summed E-state index contributed by atoms with van der Waals surface area (Å²) in [5, 5.41) is 0. The molecule has 12 heteroatoms. The lowest BCUT2D eigenvalue weighted by Gasteiger charge is -2.46. The van der Waals surface area contributed by atoms with E-state index in [9.17, 15) is 0 Å². The standard InChI is InChI=1S/C61H68F8O2S2/c1-5-7-9-11-13-15-17-19-21-35-70-45-29-23-41(24-30-45)47-33-27-43(37-50(47)62)52-39-49-54-55(60(66,67)61(68,69)59(54,64)65)56-57(3,58(49,4)73-52)40-53(72-56)44-28-34-48(51(63)38-44)42-25-31-46(32-26-42)71-36-22-20-18-16-14-12-10-8-6-2/h23-34,37-40H,5-22,35-36H2,1-4H3/t57-,58-/m0/s1. The Morgan fingerprint density at radius 2 is 0.863 bits per heavy atom. The molecule has 0 aromatic heterocycles. The highest BCUT2D eigenvalue weighted by Crippen LogP contribution is 2.77. The van der Waals surface area contributed by atoms with E-state index in [0.29, 0.717) is 47.6 Å². The molecule has 2 atom stereocenters. The van der Waals surface area contributed by atoms with Crippen LogP contribution in [0.1, 0.15) is 154 Å². The molecule has 4 aromatic rings. The molecule has 8 rings (SSSR count). The van der Waals surface area contributed by atoms with Gasteiger partial charge in [-0.3, -0.25) is 0 Å². The number of benzene rings is 4. The van der Waals surface area contributed by atoms with Gasteiger partial charge in [0.15, 0.2) is 0 Å². The van der Waals surface area contributed by atoms with Crippen molar-refractivity contribution in [3.05, 3.63) is 141 Å². The molecule has 2 heterocycles. The fraction of sp³-hybridized carbons (Fsp3) is 0.475. The number of hydrogen-bond donors (Lipinski definition) is 0. The van der Waals surface area contributed by atoms with Gasteiger partial charge in [-0.2, -0.15) is 26.3 Å². The summed E-state index contributed by atoms with van der Waals surface area (Å²) in [6.07, 6.45) is 24.5. The van der Waals surface area contributed by atoms with Crippen LogP contribution in [0, 0.1) is 17.0 Å². The normalized spacial score (nSPS) is 21.3. The van der Waals surface area contributed by atoms with Gasteiger partial charge in [0.1, 0.15) is 23.1 Å². The average Bonchev–Trinajstić information content (AvgIpc) is 3.96. The zero-order valence-corrected chi connectivity index (χ0v) is 44.2. The predicted molar refractivity (Wildman–Crippen MR) is 286 cm³/mol. The van der Waals surface area contributed by atoms with Crippen molar-refractivity contribution in [2.45, 2.75) is 166 Å². The Morgan fingerprint density at radius 1 is 0.466 bits per heavy atom. The number of unbranched alkanes of at least 4 members (excludes halogenated alkanes) is 16. The smallest absolute Gasteiger partial charge is 0.380 e. The Morgan fingerprint density at radius 3 is 1.30 bits per heavy atom. The average molecular weight is 1050 g/mol. The van der Waals surface area contributed by atoms with Crippen LogP contribution in [0.15, 0.2) is 119 Å². The molecule has 0 saturated heterocycles. The third kappa shape index (κ3) is 11.0. The molecule has 4 aliphatic rings. The van der Waals surface area contributed by atoms with Crippen molar-refractivity contribution in [1.29, 1.82) is 0 Å². The third-order valence-corrected chi connectivity index (χ3v) is 18.3. The number of alkyl halides is 6. The first kappa shape index (κ1) is 54.8. The third-order valence-electron chi connectivity index (χ3n) is 15.2. The molecule has 0 amide bonds. The van der Waals surface area contributed by atoms with Gasteiger partial charge in [0.05, 0.1) is 18.0 Å². The van der Waals surface area contributed by atoms with Gasteiger partial charge in [-0.25, -0.2) is 8.78 Å². The number of halogens is 8. The fourth-order valence-corrected chi connectivity index (χ4v) is 13.8. The number of thioether (sulfide) groups is 2. The van der Waals surface area contributed by atoms with Crippen molar-refractivity contribution in [1.82, 2.24) is 0 Å². The molecule has 1 saturated carbocycles. The van der Waals surface area contributed by atoms with Crippen molar-refractivity contribution >= 4 is 33.3 Å². The van der Waals surface area contributed by atoms with E-state index >= 15 is 35.1 Å². The highest BCUT2D eigenvalue weighted by atomic mass is 32.2. The monoisotopic (exact) mass is 1050 g/mol. The maximum atomic E-state index is 16.1. The molecule has 0 bridgehead atoms. The van der Waals surface area contributed by atoms with Crippen LogP contribution in [0.2, 0.25) is 0 Å². The van der Waals surface area contributed by atoms with Crippen molar-refractivity contribution in [3.63, 3.8) is 0 Å². The van der Waals surface area contributed by atoms with Crippen molar-refractivity contribution in [3.8, 4) is 33.8 Å². The number of allylic oxidation sites excluding steroid dienone is 5. The largest absolute Gasteiger partial charge is 0.494 e. The second-order valence-electron chi connectivity index (χ2n) is 20.5. The molecule has 0 radical (unpaired) electrons. The highest BCUT2D eigenvalue weighted by molar-refractivity contribution is 8.12. The summed E-state index contributed by atoms with van der Waals surface area (Å²) in [6, 6.07) is 22.9. The first-order valence-electron chi connectivity index (χ1n) is 26.5. The molecule has 1 fully saturated rings. The maximum absolute atomic E-state index is 16.1. The SMILES string of the molecule is CCCCCCCCCCCOc1ccc(-c2ccc(C3=C[C@@]4(C)C(=C5C(=C6C=C(c7ccc(-c8ccc(OCCCCCCCCCCC)cc8)c(F)c7)S[C@@]64C)C(F)(F)C(F)(F)C5(F)F)S3)cc2F)cc1. The lowest BCUT2D eigenvalue weighted by Crippen LogP contribution is -2.47. The molecular weight excluding hydrogens is 981 g/mol. The van der Waals surface area contributed by atoms with Crippen LogP contribution < -0.4 is 9.47 Å². The second-order valence-corrected chi connectivity index (χ2v) is 23.0. The van der Waals surface area contributed by atoms with Crippen molar-refractivity contribution in [2.75, 3.05) is 13.2 Å². The molecule has 0 unspecified atom stereocenters. The zero-order chi connectivity index (χ0) is 52.0. The summed E-state index contributed by atoms with van der Waals surface area (Å²) >= 11 is 1.72. The predicted octanol–water partition coefficient (Wildman–Crippen LogP) is 20.2. The van der Waals surface area contributed by atoms with Gasteiger partial charge in [0, 0.05) is 42.4 Å². The Balaban J connectivity index is 0.973. The van der Waals surface area contributed by atoms with E-state index in [1.807, 2.05) is 0 Å². The van der Waals surface area contributed by atoms with Crippen LogP contribution in [0.25, 0.3) is 32.1 Å². The van der Waals surface area contributed by atoms with Crippen molar-refractivity contribution < 1.29 is 44.6 Å². The van der Waals surface area contributed by atoms with E-state index in [0.717, 1.165) is 37.4 Å². The lowest BCUT2D eigenvalue weighted by molar-refractivity contribution is -0.258. The van der Waals surface area contributed by atoms with E-state index in [1.165, 1.54) is 108 Å². The summed E-state index contributed by atoms with van der Waals surface area (Å²) in [7, 11) is 0. The van der Waals surface area contributed by atoms with Crippen molar-refractivity contribution in [2.24, 2.45) is 5.41 Å². The second kappa shape index (κ2) is 23.2. The van der Waals surface area contributed by atoms with Crippen LogP contribution in [0.4, 0.5) is 35.1 Å². The fourth-order valence-electron chi connectivity index (χ4n) is 10.6. The molecule has 0 N–H and O–H groups in total. The van der Waals surface area contributed by atoms with Gasteiger partial charge >= 0.3 is 17.8 Å². The van der Waals surface area contributed by atoms with Crippen LogP contribution in [0.3, 0.4) is 0 Å². The number of rotatable bonds is 26. The van der Waals surface area contributed by atoms with E-state index in [-0.39, 0.29) is 42.5 Å². The van der Waals surface area contributed by atoms with Gasteiger partial charge in [0.2, 0.25) is 0 Å². The Hall–Kier alpha value is -4.42. The molecule has 2 nitrogen and oxygen atoms in total. The molecular formula is C61H68F8O2S2. The molecule has 2 aliphatic heterocycles. The maximum Gasteiger partial charge on any atom is 0.380 e. The Labute approximate surface area is 435 Å². The summed E-state index contributed by atoms with van der Waals surface area (Å²) in [5.41, 5.74) is -2.52. The minimum atomic E-state index is -5.75. The first-order chi connectivity index (χ1) is 35.0. The molecule has 73 heavy (non-hydrogen) atoms. The van der Waals surface area contributed by atoms with Gasteiger partial charge in [-0.1, -0.05) is 183 Å². The first-order valence-corrected chi connectivity index (χ1v) is 28.1. The summed E-state index contributed by atoms with van der Waals surface area (Å²) in [4.78, 5) is 0.169. The number of hydrogen-bond acceptors (Lipinski definition) is 4. The summed E-state index contributed by atoms with van der Waals surface area (Å²) in [6.45, 7) is 8.72. The van der Waals surface area contributed by atoms with Crippen LogP contribution in [-0.4, -0.2) is 35.7 Å². The molecule has 2 aliphatic carbocycles. The van der Waals surface area contributed by atoms with Crippen LogP contribution >= 0.6 is 23.5 Å². The van der Waals surface area contributed by atoms with Gasteiger partial charge in [0.25, 0.3) is 0 Å². The van der Waals surface area contributed by atoms with E-state index in [4.69, 9.17) is 9.47 Å². The lowest BCUT2D eigenvalue weighted by atomic mass is 9.66. The minimum Gasteiger partial charge on any atom is -0.494 e. The van der Waals surface area contributed by atoms with E-state index in [1.54, 1.807) is 92.7 Å². The topological polar surface area (TPSA) is 18.5 Å². The summed E-state index contributed by atoms with van der Waals surface area (Å²) < 4.78 is 138. The molecule has 392 valence electrons. The van der Waals surface area contributed by atoms with Gasteiger partial charge < -0.3 is 9.47 Å². The van der Waals surface area contributed by atoms with Crippen LogP contribution in [0.5, 0.6) is 11.5 Å². The number of fused-ring (bicyclic) bond motifs is 4. The van der Waals surface area contributed by atoms with E-state index in [2.05, 4.69) is 13.8 Å². The van der Waals surface area contributed by atoms with Crippen LogP contribution in [-0.2, 0) is 0 Å². The van der Waals surface area contributed by atoms with Gasteiger partial charge in [-0.05, 0) is 97.0 Å². The Bertz CT molecular complexity index is 2710. The zero-order valence-electron chi connectivity index (χ0n) is 42.5. The van der Waals surface area contributed by atoms with E-state index < -0.39 is 50.7 Å². The quantitative estimate of drug-likeness (QED) is 0.0461. The molecule has 4 aromatic carbocycles. The van der Waals surface area contributed by atoms with Gasteiger partial charge in [-0.15, -0.1) is 11.8 Å². The Kier molecular flexibility index (Phi) is 17.4. The minimum absolute atomic E-state index is 0.258.